The number of hydrogen-bond acceptors (Lipinski definition) is 6. The molecule has 0 bridgehead atoms. The Labute approximate surface area is 253 Å². The Balaban J connectivity index is 1.49. The Morgan fingerprint density at radius 3 is 1.62 bits per heavy atom. The maximum atomic E-state index is 12.7. The highest BCUT2D eigenvalue weighted by molar-refractivity contribution is 7.91. The molecule has 0 saturated carbocycles. The van der Waals surface area contributed by atoms with Crippen LogP contribution >= 0.6 is 0 Å². The molecule has 7 nitrogen and oxygen atoms in total. The highest BCUT2D eigenvalue weighted by Gasteiger charge is 2.15. The summed E-state index contributed by atoms with van der Waals surface area (Å²) in [6, 6.07) is 10.4. The van der Waals surface area contributed by atoms with Crippen molar-refractivity contribution in [3.05, 3.63) is 48.0 Å². The van der Waals surface area contributed by atoms with Gasteiger partial charge in [-0.3, -0.25) is 0 Å². The summed E-state index contributed by atoms with van der Waals surface area (Å²) in [5.74, 6) is -0.794. The van der Waals surface area contributed by atoms with Crippen LogP contribution in [-0.2, 0) is 9.84 Å². The fraction of sp³-hybridized carbons (Fsp3) is 0.618. The van der Waals surface area contributed by atoms with Gasteiger partial charge in [0.1, 0.15) is 22.8 Å². The number of carboxylic acids is 1. The zero-order valence-corrected chi connectivity index (χ0v) is 26.3. The highest BCUT2D eigenvalue weighted by Crippen LogP contribution is 2.23. The van der Waals surface area contributed by atoms with Crippen molar-refractivity contribution in [2.75, 3.05) is 19.0 Å². The molecule has 0 radical (unpaired) electrons. The minimum atomic E-state index is -3.48. The molecule has 0 saturated heterocycles. The van der Waals surface area contributed by atoms with Crippen LogP contribution < -0.4 is 9.47 Å². The van der Waals surface area contributed by atoms with Crippen molar-refractivity contribution in [1.82, 2.24) is 0 Å². The van der Waals surface area contributed by atoms with Gasteiger partial charge < -0.3 is 19.7 Å². The van der Waals surface area contributed by atoms with Crippen molar-refractivity contribution in [2.45, 2.75) is 121 Å². The molecule has 8 heteroatoms. The number of phenols is 1. The van der Waals surface area contributed by atoms with Crippen molar-refractivity contribution in [2.24, 2.45) is 0 Å². The Morgan fingerprint density at radius 2 is 1.10 bits per heavy atom. The molecule has 0 spiro atoms. The molecule has 0 unspecified atom stereocenters. The zero-order chi connectivity index (χ0) is 30.5. The summed E-state index contributed by atoms with van der Waals surface area (Å²) in [5, 5.41) is 18.6. The quantitative estimate of drug-likeness (QED) is 0.109. The summed E-state index contributed by atoms with van der Waals surface area (Å²) in [6.45, 7) is 3.00. The Bertz CT molecular complexity index is 1110. The molecule has 0 aliphatic carbocycles. The number of hydrogen-bond donors (Lipinski definition) is 2. The van der Waals surface area contributed by atoms with Crippen LogP contribution in [0.2, 0.25) is 0 Å². The van der Waals surface area contributed by atoms with E-state index in [-0.39, 0.29) is 40.7 Å². The lowest BCUT2D eigenvalue weighted by molar-refractivity contribution is 0.0693. The number of carboxylic acid groups (broad SMARTS) is 1. The van der Waals surface area contributed by atoms with E-state index in [0.29, 0.717) is 12.4 Å². The van der Waals surface area contributed by atoms with E-state index < -0.39 is 15.8 Å². The molecule has 0 aliphatic heterocycles. The summed E-state index contributed by atoms with van der Waals surface area (Å²) in [4.78, 5) is 11.3. The lowest BCUT2D eigenvalue weighted by Gasteiger charge is -2.10. The molecular weight excluding hydrogens is 552 g/mol. The molecule has 0 aliphatic rings. The van der Waals surface area contributed by atoms with Gasteiger partial charge in [0.05, 0.1) is 23.9 Å². The number of ether oxygens (including phenoxy) is 2. The second-order valence-electron chi connectivity index (χ2n) is 11.1. The van der Waals surface area contributed by atoms with Crippen molar-refractivity contribution >= 4 is 15.8 Å². The number of rotatable bonds is 25. The molecule has 2 aromatic rings. The first-order valence-corrected chi connectivity index (χ1v) is 17.6. The van der Waals surface area contributed by atoms with Gasteiger partial charge in [0, 0.05) is 0 Å². The number of carbonyl (C=O) groups is 1. The summed E-state index contributed by atoms with van der Waals surface area (Å²) in [6.07, 6.45) is 21.5. The fourth-order valence-corrected chi connectivity index (χ4v) is 6.20. The van der Waals surface area contributed by atoms with E-state index in [1.165, 1.54) is 108 Å². The molecule has 0 atom stereocenters. The lowest BCUT2D eigenvalue weighted by atomic mass is 10.0. The van der Waals surface area contributed by atoms with E-state index >= 15 is 0 Å². The molecule has 2 aromatic carbocycles. The van der Waals surface area contributed by atoms with Gasteiger partial charge in [0.15, 0.2) is 9.84 Å². The lowest BCUT2D eigenvalue weighted by Crippen LogP contribution is -2.11. The molecule has 0 amide bonds. The second kappa shape index (κ2) is 21.0. The summed E-state index contributed by atoms with van der Waals surface area (Å²) >= 11 is 0. The van der Waals surface area contributed by atoms with Gasteiger partial charge >= 0.3 is 5.97 Å². The summed E-state index contributed by atoms with van der Waals surface area (Å²) in [7, 11) is -3.48. The number of unbranched alkanes of at least 4 members (excludes halogenated alkanes) is 15. The van der Waals surface area contributed by atoms with Gasteiger partial charge in [-0.25, -0.2) is 13.2 Å². The molecular formula is C34H52O7S. The maximum Gasteiger partial charge on any atom is 0.339 e. The first-order valence-electron chi connectivity index (χ1n) is 16.0. The van der Waals surface area contributed by atoms with Gasteiger partial charge in [-0.05, 0) is 55.3 Å². The van der Waals surface area contributed by atoms with E-state index in [1.807, 2.05) is 0 Å². The van der Waals surface area contributed by atoms with Crippen molar-refractivity contribution in [3.63, 3.8) is 0 Å². The van der Waals surface area contributed by atoms with Gasteiger partial charge in [-0.2, -0.15) is 0 Å². The Kier molecular flexibility index (Phi) is 17.8. The third-order valence-corrected chi connectivity index (χ3v) is 9.29. The monoisotopic (exact) mass is 604 g/mol. The van der Waals surface area contributed by atoms with E-state index in [1.54, 1.807) is 24.3 Å². The number of aromatic hydroxyl groups is 1. The van der Waals surface area contributed by atoms with Gasteiger partial charge in [0.25, 0.3) is 0 Å². The van der Waals surface area contributed by atoms with Gasteiger partial charge in [-0.1, -0.05) is 103 Å². The molecule has 0 aromatic heterocycles. The van der Waals surface area contributed by atoms with Crippen LogP contribution in [0.25, 0.3) is 0 Å². The molecule has 236 valence electrons. The van der Waals surface area contributed by atoms with Crippen LogP contribution in [0.5, 0.6) is 17.2 Å². The summed E-state index contributed by atoms with van der Waals surface area (Å²) in [5.41, 5.74) is -0.266. The van der Waals surface area contributed by atoms with Crippen LogP contribution in [0.4, 0.5) is 0 Å². The molecule has 0 fully saturated rings. The highest BCUT2D eigenvalue weighted by atomic mass is 32.2. The molecule has 0 heterocycles. The van der Waals surface area contributed by atoms with Crippen LogP contribution in [0.3, 0.4) is 0 Å². The average Bonchev–Trinajstić information content (AvgIpc) is 2.98. The minimum absolute atomic E-state index is 0.101. The Hall–Kier alpha value is -2.74. The smallest absolute Gasteiger partial charge is 0.339 e. The van der Waals surface area contributed by atoms with Crippen molar-refractivity contribution in [1.29, 1.82) is 0 Å². The Morgan fingerprint density at radius 1 is 0.643 bits per heavy atom. The predicted octanol–water partition coefficient (Wildman–Crippen LogP) is 8.97. The normalized spacial score (nSPS) is 11.5. The number of sulfone groups is 1. The predicted molar refractivity (Wildman–Crippen MR) is 169 cm³/mol. The van der Waals surface area contributed by atoms with E-state index in [0.717, 1.165) is 12.8 Å². The summed E-state index contributed by atoms with van der Waals surface area (Å²) < 4.78 is 36.6. The van der Waals surface area contributed by atoms with Crippen LogP contribution in [0, 0.1) is 0 Å². The van der Waals surface area contributed by atoms with Gasteiger partial charge in [0.2, 0.25) is 0 Å². The molecule has 2 rings (SSSR count). The third kappa shape index (κ3) is 14.9. The first-order chi connectivity index (χ1) is 20.3. The standard InChI is InChI=1S/C34H52O7S/c1-2-3-4-5-6-7-8-9-10-11-12-13-14-15-16-17-25-40-29-19-22-31(23-20-29)42(38,39)27-18-26-41-30-21-24-33(35)32(28-30)34(36)37/h19-24,28,35H,2-18,25-27H2,1H3,(H,36,37). The van der Waals surface area contributed by atoms with Crippen LogP contribution in [0.1, 0.15) is 126 Å². The zero-order valence-electron chi connectivity index (χ0n) is 25.5. The van der Waals surface area contributed by atoms with Crippen LogP contribution in [-0.4, -0.2) is 43.6 Å². The van der Waals surface area contributed by atoms with E-state index in [4.69, 9.17) is 14.6 Å². The van der Waals surface area contributed by atoms with E-state index in [2.05, 4.69) is 6.92 Å². The third-order valence-electron chi connectivity index (χ3n) is 7.47. The first kappa shape index (κ1) is 35.5. The topological polar surface area (TPSA) is 110 Å². The largest absolute Gasteiger partial charge is 0.507 e. The second-order valence-corrected chi connectivity index (χ2v) is 13.2. The van der Waals surface area contributed by atoms with Crippen LogP contribution in [0.15, 0.2) is 47.4 Å². The minimum Gasteiger partial charge on any atom is -0.507 e. The number of benzene rings is 2. The molecule has 2 N–H and O–H groups in total. The fourth-order valence-electron chi connectivity index (χ4n) is 4.92. The molecule has 42 heavy (non-hydrogen) atoms. The number of aromatic carboxylic acids is 1. The maximum absolute atomic E-state index is 12.7. The SMILES string of the molecule is CCCCCCCCCCCCCCCCCCOc1ccc(S(=O)(=O)CCCOc2ccc(O)c(C(=O)O)c2)cc1. The van der Waals surface area contributed by atoms with Crippen molar-refractivity contribution in [3.8, 4) is 17.2 Å². The van der Waals surface area contributed by atoms with E-state index in [9.17, 15) is 18.3 Å². The van der Waals surface area contributed by atoms with Crippen molar-refractivity contribution < 1.29 is 32.9 Å². The average molecular weight is 605 g/mol. The van der Waals surface area contributed by atoms with Gasteiger partial charge in [-0.15, -0.1) is 0 Å².